The number of piperazine rings is 1. The van der Waals surface area contributed by atoms with Crippen LogP contribution in [0.3, 0.4) is 0 Å². The molecule has 1 aliphatic carbocycles. The fourth-order valence-electron chi connectivity index (χ4n) is 5.97. The van der Waals surface area contributed by atoms with E-state index >= 15 is 4.39 Å². The Morgan fingerprint density at radius 1 is 1.02 bits per heavy atom. The van der Waals surface area contributed by atoms with Crippen molar-refractivity contribution in [3.63, 3.8) is 0 Å². The Hall–Kier alpha value is -3.86. The molecule has 4 aromatic rings. The molecule has 0 spiro atoms. The van der Waals surface area contributed by atoms with Crippen molar-refractivity contribution in [2.24, 2.45) is 0 Å². The third-order valence-corrected chi connectivity index (χ3v) is 8.66. The predicted octanol–water partition coefficient (Wildman–Crippen LogP) is 4.36. The van der Waals surface area contributed by atoms with Gasteiger partial charge in [-0.25, -0.2) is 9.37 Å². The summed E-state index contributed by atoms with van der Waals surface area (Å²) in [5, 5.41) is 4.21. The third-order valence-electron chi connectivity index (χ3n) is 8.66. The molecule has 1 N–H and O–H groups in total. The third kappa shape index (κ3) is 5.62. The first-order valence-electron chi connectivity index (χ1n) is 14.9. The van der Waals surface area contributed by atoms with Crippen LogP contribution in [-0.4, -0.2) is 93.7 Å². The van der Waals surface area contributed by atoms with Gasteiger partial charge in [-0.3, -0.25) is 14.6 Å². The number of morpholine rings is 1. The van der Waals surface area contributed by atoms with Gasteiger partial charge in [-0.1, -0.05) is 6.07 Å². The number of nitrogens with zero attached hydrogens (tertiary/aromatic N) is 6. The van der Waals surface area contributed by atoms with Crippen molar-refractivity contribution in [1.29, 1.82) is 0 Å². The van der Waals surface area contributed by atoms with Crippen LogP contribution in [0, 0.1) is 12.7 Å². The molecule has 42 heavy (non-hydrogen) atoms. The molecular formula is C32H36FN7O2. The number of ether oxygens (including phenoxy) is 1. The topological polar surface area (TPSA) is 78.8 Å². The summed E-state index contributed by atoms with van der Waals surface area (Å²) in [6, 6.07) is 13.8. The summed E-state index contributed by atoms with van der Waals surface area (Å²) < 4.78 is 22.3. The van der Waals surface area contributed by atoms with Crippen molar-refractivity contribution in [2.75, 3.05) is 57.8 Å². The minimum Gasteiger partial charge on any atom is -0.378 e. The van der Waals surface area contributed by atoms with Crippen molar-refractivity contribution in [3.8, 4) is 5.69 Å². The summed E-state index contributed by atoms with van der Waals surface area (Å²) >= 11 is 0. The highest BCUT2D eigenvalue weighted by Crippen LogP contribution is 2.28. The van der Waals surface area contributed by atoms with Crippen LogP contribution in [0.4, 0.5) is 16.0 Å². The Kier molecular flexibility index (Phi) is 7.35. The van der Waals surface area contributed by atoms with Crippen LogP contribution >= 0.6 is 0 Å². The zero-order valence-electron chi connectivity index (χ0n) is 23.9. The summed E-state index contributed by atoms with van der Waals surface area (Å²) in [7, 11) is 0. The van der Waals surface area contributed by atoms with E-state index in [0.29, 0.717) is 43.6 Å². The van der Waals surface area contributed by atoms with Crippen molar-refractivity contribution in [3.05, 3.63) is 77.4 Å². The molecule has 3 fully saturated rings. The number of carbonyl (C=O) groups excluding carboxylic acids is 1. The minimum atomic E-state index is -0.556. The Balaban J connectivity index is 1.08. The van der Waals surface area contributed by atoms with E-state index in [1.165, 1.54) is 30.0 Å². The highest BCUT2D eigenvalue weighted by Gasteiger charge is 2.31. The summed E-state index contributed by atoms with van der Waals surface area (Å²) in [5.41, 5.74) is 4.81. The summed E-state index contributed by atoms with van der Waals surface area (Å²) in [4.78, 5) is 28.9. The maximum Gasteiger partial charge on any atom is 0.256 e. The lowest BCUT2D eigenvalue weighted by Gasteiger charge is -2.35. The molecule has 1 saturated carbocycles. The van der Waals surface area contributed by atoms with Crippen LogP contribution < -0.4 is 5.32 Å². The zero-order valence-corrected chi connectivity index (χ0v) is 23.9. The summed E-state index contributed by atoms with van der Waals surface area (Å²) in [5.74, 6) is -0.402. The molecule has 2 aromatic heterocycles. The lowest BCUT2D eigenvalue weighted by Crippen LogP contribution is -2.46. The number of nitrogens with one attached hydrogen (secondary N) is 1. The lowest BCUT2D eigenvalue weighted by atomic mass is 10.1. The molecule has 2 saturated heterocycles. The van der Waals surface area contributed by atoms with E-state index in [1.807, 2.05) is 16.8 Å². The first-order chi connectivity index (χ1) is 20.5. The van der Waals surface area contributed by atoms with E-state index in [2.05, 4.69) is 45.2 Å². The van der Waals surface area contributed by atoms with Crippen LogP contribution in [0.15, 0.2) is 54.9 Å². The van der Waals surface area contributed by atoms with Gasteiger partial charge in [0.1, 0.15) is 11.5 Å². The second-order valence-electron chi connectivity index (χ2n) is 11.5. The maximum absolute atomic E-state index is 15.2. The minimum absolute atomic E-state index is 0.0639. The first kappa shape index (κ1) is 27.0. The zero-order chi connectivity index (χ0) is 28.6. The Bertz CT molecular complexity index is 1600. The number of benzene rings is 2. The van der Waals surface area contributed by atoms with E-state index in [4.69, 9.17) is 9.72 Å². The average Bonchev–Trinajstić information content (AvgIpc) is 3.78. The van der Waals surface area contributed by atoms with Crippen molar-refractivity contribution >= 4 is 28.6 Å². The van der Waals surface area contributed by atoms with Crippen molar-refractivity contribution in [1.82, 2.24) is 29.2 Å². The largest absolute Gasteiger partial charge is 0.378 e. The normalized spacial score (nSPS) is 18.5. The van der Waals surface area contributed by atoms with Gasteiger partial charge in [0.05, 0.1) is 18.8 Å². The molecule has 2 aliphatic heterocycles. The monoisotopic (exact) mass is 569 g/mol. The second-order valence-corrected chi connectivity index (χ2v) is 11.5. The molecule has 7 rings (SSSR count). The van der Waals surface area contributed by atoms with E-state index in [0.717, 1.165) is 49.8 Å². The van der Waals surface area contributed by atoms with Gasteiger partial charge in [0.2, 0.25) is 5.95 Å². The van der Waals surface area contributed by atoms with Gasteiger partial charge in [0.25, 0.3) is 5.91 Å². The maximum atomic E-state index is 15.2. The lowest BCUT2D eigenvalue weighted by molar-refractivity contribution is 0.0300. The number of halogens is 1. The van der Waals surface area contributed by atoms with E-state index in [-0.39, 0.29) is 11.5 Å². The smallest absolute Gasteiger partial charge is 0.256 e. The average molecular weight is 570 g/mol. The number of rotatable bonds is 7. The molecule has 2 aromatic carbocycles. The molecule has 9 nitrogen and oxygen atoms in total. The van der Waals surface area contributed by atoms with Gasteiger partial charge in [-0.05, 0) is 67.3 Å². The van der Waals surface area contributed by atoms with Crippen LogP contribution in [0.5, 0.6) is 0 Å². The number of aryl methyl sites for hydroxylation is 1. The van der Waals surface area contributed by atoms with E-state index in [9.17, 15) is 4.79 Å². The highest BCUT2D eigenvalue weighted by atomic mass is 19.1. The Labute approximate surface area is 244 Å². The number of hydrogen-bond donors (Lipinski definition) is 1. The Morgan fingerprint density at radius 2 is 1.83 bits per heavy atom. The number of anilines is 2. The number of aromatic nitrogens is 3. The first-order valence-corrected chi connectivity index (χ1v) is 14.9. The molecule has 0 radical (unpaired) electrons. The van der Waals surface area contributed by atoms with Crippen LogP contribution in [0.25, 0.3) is 16.7 Å². The number of hydrogen-bond acceptors (Lipinski definition) is 7. The molecule has 4 heterocycles. The molecule has 1 amide bonds. The molecule has 218 valence electrons. The van der Waals surface area contributed by atoms with Crippen LogP contribution in [0.1, 0.15) is 34.3 Å². The molecule has 0 bridgehead atoms. The fraction of sp³-hybridized carbons (Fsp3) is 0.406. The van der Waals surface area contributed by atoms with E-state index < -0.39 is 5.82 Å². The van der Waals surface area contributed by atoms with Gasteiger partial charge in [-0.2, -0.15) is 4.98 Å². The fourth-order valence-corrected chi connectivity index (χ4v) is 5.97. The second kappa shape index (κ2) is 11.4. The van der Waals surface area contributed by atoms with Crippen LogP contribution in [0.2, 0.25) is 0 Å². The summed E-state index contributed by atoms with van der Waals surface area (Å²) in [6.45, 7) is 9.49. The molecule has 0 unspecified atom stereocenters. The van der Waals surface area contributed by atoms with Gasteiger partial charge >= 0.3 is 0 Å². The number of carbonyl (C=O) groups is 1. The van der Waals surface area contributed by atoms with E-state index in [1.54, 1.807) is 23.2 Å². The van der Waals surface area contributed by atoms with Gasteiger partial charge in [0, 0.05) is 81.0 Å². The highest BCUT2D eigenvalue weighted by molar-refractivity contribution is 5.95. The summed E-state index contributed by atoms with van der Waals surface area (Å²) in [6.07, 6.45) is 6.34. The quantitative estimate of drug-likeness (QED) is 0.354. The molecule has 0 atom stereocenters. The van der Waals surface area contributed by atoms with Crippen molar-refractivity contribution < 1.29 is 13.9 Å². The van der Waals surface area contributed by atoms with Gasteiger partial charge in [-0.15, -0.1) is 0 Å². The molecular weight excluding hydrogens is 533 g/mol. The standard InChI is InChI=1S/C32H36FN7O2/c1-22-2-3-25(18-24(22)21-37-10-12-38(13-11-37)26-4-5-26)35-32-34-20-23-8-9-40(30(23)36-32)27-6-7-28(29(33)19-27)31(41)39-14-16-42-17-15-39/h2-3,6-9,18-20,26H,4-5,10-17,21H2,1H3,(H,34,35,36). The Morgan fingerprint density at radius 3 is 2.60 bits per heavy atom. The van der Waals surface area contributed by atoms with Crippen molar-refractivity contribution in [2.45, 2.75) is 32.4 Å². The molecule has 10 heteroatoms. The SMILES string of the molecule is Cc1ccc(Nc2ncc3ccn(-c4ccc(C(=O)N5CCOCC5)c(F)c4)c3n2)cc1CN1CCN(C2CC2)CC1. The number of amides is 1. The van der Waals surface area contributed by atoms with Gasteiger partial charge in [0.15, 0.2) is 0 Å². The predicted molar refractivity (Wildman–Crippen MR) is 160 cm³/mol. The van der Waals surface area contributed by atoms with Gasteiger partial charge < -0.3 is 19.5 Å². The van der Waals surface area contributed by atoms with Crippen LogP contribution in [-0.2, 0) is 11.3 Å². The number of fused-ring (bicyclic) bond motifs is 1. The molecule has 3 aliphatic rings.